The van der Waals surface area contributed by atoms with Crippen molar-refractivity contribution in [1.29, 1.82) is 0 Å². The van der Waals surface area contributed by atoms with E-state index in [2.05, 4.69) is 17.1 Å². The van der Waals surface area contributed by atoms with Gasteiger partial charge in [-0.15, -0.1) is 11.3 Å². The predicted octanol–water partition coefficient (Wildman–Crippen LogP) is 2.85. The molecule has 122 valence electrons. The second-order valence-electron chi connectivity index (χ2n) is 5.88. The summed E-state index contributed by atoms with van der Waals surface area (Å²) in [5.74, 6) is 0.221. The summed E-state index contributed by atoms with van der Waals surface area (Å²) >= 11 is 1.63. The molecule has 2 heterocycles. The van der Waals surface area contributed by atoms with Crippen molar-refractivity contribution in [1.82, 2.24) is 9.88 Å². The molecule has 1 aromatic carbocycles. The number of hydrogen-bond donors (Lipinski definition) is 0. The number of aromatic nitrogens is 1. The van der Waals surface area contributed by atoms with E-state index < -0.39 is 0 Å². The summed E-state index contributed by atoms with van der Waals surface area (Å²) in [6.07, 6.45) is 2.30. The van der Waals surface area contributed by atoms with Crippen LogP contribution >= 0.6 is 11.3 Å². The number of nitrogens with zero attached hydrogens (tertiary/aromatic N) is 2. The van der Waals surface area contributed by atoms with E-state index in [1.165, 1.54) is 10.4 Å². The molecule has 23 heavy (non-hydrogen) atoms. The van der Waals surface area contributed by atoms with Crippen molar-refractivity contribution in [3.05, 3.63) is 52.0 Å². The van der Waals surface area contributed by atoms with E-state index >= 15 is 0 Å². The average Bonchev–Trinajstić information content (AvgIpc) is 2.99. The first-order chi connectivity index (χ1) is 11.2. The van der Waals surface area contributed by atoms with Crippen molar-refractivity contribution in [3.63, 3.8) is 0 Å². The Morgan fingerprint density at radius 2 is 2.22 bits per heavy atom. The van der Waals surface area contributed by atoms with Gasteiger partial charge in [0.1, 0.15) is 0 Å². The molecule has 4 nitrogen and oxygen atoms in total. The highest BCUT2D eigenvalue weighted by atomic mass is 32.1. The van der Waals surface area contributed by atoms with E-state index in [4.69, 9.17) is 4.74 Å². The summed E-state index contributed by atoms with van der Waals surface area (Å²) in [6.45, 7) is 4.02. The quantitative estimate of drug-likeness (QED) is 0.846. The molecule has 1 aliphatic rings. The van der Waals surface area contributed by atoms with Gasteiger partial charge < -0.3 is 9.64 Å². The maximum atomic E-state index is 12.5. The molecule has 1 atom stereocenters. The van der Waals surface area contributed by atoms with Gasteiger partial charge in [0.25, 0.3) is 0 Å². The Morgan fingerprint density at radius 3 is 2.96 bits per heavy atom. The van der Waals surface area contributed by atoms with E-state index in [1.807, 2.05) is 35.5 Å². The van der Waals surface area contributed by atoms with E-state index in [0.717, 1.165) is 18.5 Å². The van der Waals surface area contributed by atoms with Crippen molar-refractivity contribution in [2.45, 2.75) is 32.3 Å². The number of rotatable bonds is 5. The monoisotopic (exact) mass is 330 g/mol. The van der Waals surface area contributed by atoms with E-state index in [9.17, 15) is 4.79 Å². The molecule has 0 aliphatic carbocycles. The van der Waals surface area contributed by atoms with Crippen LogP contribution < -0.4 is 0 Å². The normalized spacial score (nSPS) is 18.1. The fourth-order valence-electron chi connectivity index (χ4n) is 2.89. The van der Waals surface area contributed by atoms with Gasteiger partial charge in [-0.05, 0) is 18.9 Å². The number of aryl methyl sites for hydroxylation is 2. The topological polar surface area (TPSA) is 42.4 Å². The number of hydrogen-bond acceptors (Lipinski definition) is 4. The van der Waals surface area contributed by atoms with Crippen LogP contribution in [-0.2, 0) is 22.4 Å². The minimum atomic E-state index is 0.0974. The molecule has 0 radical (unpaired) electrons. The zero-order chi connectivity index (χ0) is 16.1. The lowest BCUT2D eigenvalue weighted by atomic mass is 10.1. The van der Waals surface area contributed by atoms with Gasteiger partial charge in [0.15, 0.2) is 0 Å². The highest BCUT2D eigenvalue weighted by Gasteiger charge is 2.24. The van der Waals surface area contributed by atoms with Crippen molar-refractivity contribution >= 4 is 17.2 Å². The minimum Gasteiger partial charge on any atom is -0.374 e. The van der Waals surface area contributed by atoms with Crippen LogP contribution in [0.1, 0.15) is 22.6 Å². The number of carbonyl (C=O) groups excluding carboxylic acids is 1. The van der Waals surface area contributed by atoms with Crippen molar-refractivity contribution in [3.8, 4) is 0 Å². The van der Waals surface area contributed by atoms with Crippen molar-refractivity contribution in [2.24, 2.45) is 0 Å². The summed E-state index contributed by atoms with van der Waals surface area (Å²) in [4.78, 5) is 19.9. The smallest absolute Gasteiger partial charge is 0.223 e. The van der Waals surface area contributed by atoms with Crippen LogP contribution in [-0.4, -0.2) is 41.6 Å². The van der Waals surface area contributed by atoms with E-state index in [0.29, 0.717) is 26.1 Å². The zero-order valence-electron chi connectivity index (χ0n) is 13.4. The van der Waals surface area contributed by atoms with Gasteiger partial charge in [0.05, 0.1) is 23.9 Å². The molecule has 5 heteroatoms. The number of thiazole rings is 1. The molecule has 0 saturated carbocycles. The molecular weight excluding hydrogens is 308 g/mol. The van der Waals surface area contributed by atoms with E-state index in [-0.39, 0.29) is 12.0 Å². The van der Waals surface area contributed by atoms with Crippen LogP contribution in [0, 0.1) is 6.92 Å². The Hall–Kier alpha value is -1.72. The van der Waals surface area contributed by atoms with Crippen LogP contribution in [0.4, 0.5) is 0 Å². The molecule has 3 rings (SSSR count). The van der Waals surface area contributed by atoms with Gasteiger partial charge >= 0.3 is 0 Å². The number of amides is 1. The molecule has 1 aliphatic heterocycles. The van der Waals surface area contributed by atoms with Gasteiger partial charge in [-0.3, -0.25) is 4.79 Å². The summed E-state index contributed by atoms with van der Waals surface area (Å²) < 4.78 is 5.83. The lowest BCUT2D eigenvalue weighted by Gasteiger charge is -2.33. The molecular formula is C18H22N2O2S. The molecule has 1 amide bonds. The Kier molecular flexibility index (Phi) is 5.41. The Bertz CT molecular complexity index is 641. The first-order valence-corrected chi connectivity index (χ1v) is 8.92. The first-order valence-electron chi connectivity index (χ1n) is 8.04. The summed E-state index contributed by atoms with van der Waals surface area (Å²) in [5, 5.41) is 0. The summed E-state index contributed by atoms with van der Waals surface area (Å²) in [7, 11) is 0. The van der Waals surface area contributed by atoms with Crippen LogP contribution in [0.3, 0.4) is 0 Å². The molecule has 1 saturated heterocycles. The number of morpholine rings is 1. The second-order valence-corrected chi connectivity index (χ2v) is 6.82. The van der Waals surface area contributed by atoms with Gasteiger partial charge in [-0.2, -0.15) is 0 Å². The molecule has 0 N–H and O–H groups in total. The van der Waals surface area contributed by atoms with Crippen LogP contribution in [0.25, 0.3) is 0 Å². The summed E-state index contributed by atoms with van der Waals surface area (Å²) in [6, 6.07) is 10.3. The van der Waals surface area contributed by atoms with Crippen LogP contribution in [0.5, 0.6) is 0 Å². The number of ether oxygens (including phenoxy) is 1. The maximum Gasteiger partial charge on any atom is 0.223 e. The third kappa shape index (κ3) is 4.39. The fourth-order valence-corrected chi connectivity index (χ4v) is 3.67. The van der Waals surface area contributed by atoms with Gasteiger partial charge in [-0.25, -0.2) is 4.98 Å². The molecule has 0 bridgehead atoms. The predicted molar refractivity (Wildman–Crippen MR) is 91.6 cm³/mol. The standard InChI is InChI=1S/C18H22N2O2S/c1-14-17(23-13-19-14)7-8-18(21)20-9-10-22-16(12-20)11-15-5-3-2-4-6-15/h2-6,13,16H,7-12H2,1H3/t16-/m1/s1. The fraction of sp³-hybridized carbons (Fsp3) is 0.444. The molecule has 0 spiro atoms. The van der Waals surface area contributed by atoms with Crippen LogP contribution in [0.15, 0.2) is 35.8 Å². The van der Waals surface area contributed by atoms with Crippen molar-refractivity contribution < 1.29 is 9.53 Å². The molecule has 1 aromatic heterocycles. The SMILES string of the molecule is Cc1ncsc1CCC(=O)N1CCO[C@H](Cc2ccccc2)C1. The highest BCUT2D eigenvalue weighted by Crippen LogP contribution is 2.17. The molecule has 1 fully saturated rings. The zero-order valence-corrected chi connectivity index (χ0v) is 14.2. The largest absolute Gasteiger partial charge is 0.374 e. The molecule has 0 unspecified atom stereocenters. The Balaban J connectivity index is 1.51. The number of benzene rings is 1. The van der Waals surface area contributed by atoms with E-state index in [1.54, 1.807) is 11.3 Å². The lowest BCUT2D eigenvalue weighted by Crippen LogP contribution is -2.46. The van der Waals surface area contributed by atoms with Gasteiger partial charge in [0.2, 0.25) is 5.91 Å². The maximum absolute atomic E-state index is 12.5. The first kappa shape index (κ1) is 16.1. The Morgan fingerprint density at radius 1 is 1.39 bits per heavy atom. The summed E-state index contributed by atoms with van der Waals surface area (Å²) in [5.41, 5.74) is 4.15. The second kappa shape index (κ2) is 7.70. The minimum absolute atomic E-state index is 0.0974. The van der Waals surface area contributed by atoms with Gasteiger partial charge in [0, 0.05) is 30.8 Å². The highest BCUT2D eigenvalue weighted by molar-refractivity contribution is 7.09. The van der Waals surface area contributed by atoms with Crippen molar-refractivity contribution in [2.75, 3.05) is 19.7 Å². The third-order valence-corrected chi connectivity index (χ3v) is 5.20. The lowest BCUT2D eigenvalue weighted by molar-refractivity contribution is -0.138. The number of carbonyl (C=O) groups is 1. The Labute approximate surface area is 141 Å². The molecule has 2 aromatic rings. The third-order valence-electron chi connectivity index (χ3n) is 4.21. The van der Waals surface area contributed by atoms with Crippen LogP contribution in [0.2, 0.25) is 0 Å². The average molecular weight is 330 g/mol. The van der Waals surface area contributed by atoms with Gasteiger partial charge in [-0.1, -0.05) is 30.3 Å².